The highest BCUT2D eigenvalue weighted by Gasteiger charge is 2.39. The lowest BCUT2D eigenvalue weighted by Crippen LogP contribution is -2.21. The van der Waals surface area contributed by atoms with Crippen molar-refractivity contribution in [2.75, 3.05) is 6.61 Å². The molecule has 1 aliphatic heterocycles. The van der Waals surface area contributed by atoms with Crippen LogP contribution in [0.5, 0.6) is 5.75 Å². The van der Waals surface area contributed by atoms with Crippen molar-refractivity contribution in [2.45, 2.75) is 18.8 Å². The summed E-state index contributed by atoms with van der Waals surface area (Å²) >= 11 is 0. The second kappa shape index (κ2) is 3.01. The minimum Gasteiger partial charge on any atom is -0.508 e. The number of cyclic esters (lactones) is 1. The van der Waals surface area contributed by atoms with Crippen LogP contribution < -0.4 is 0 Å². The average molecular weight is 192 g/mol. The van der Waals surface area contributed by atoms with Crippen LogP contribution in [0.1, 0.15) is 18.9 Å². The van der Waals surface area contributed by atoms with Gasteiger partial charge in [0.25, 0.3) is 0 Å². The topological polar surface area (TPSA) is 46.5 Å². The van der Waals surface area contributed by atoms with E-state index in [1.54, 1.807) is 12.1 Å². The van der Waals surface area contributed by atoms with E-state index in [0.717, 1.165) is 5.56 Å². The first-order valence-electron chi connectivity index (χ1n) is 4.56. The SMILES string of the molecule is CC1(c2ccccc2O)COC(=O)C1. The zero-order chi connectivity index (χ0) is 10.2. The van der Waals surface area contributed by atoms with Gasteiger partial charge in [0, 0.05) is 11.0 Å². The van der Waals surface area contributed by atoms with Crippen molar-refractivity contribution in [3.63, 3.8) is 0 Å². The Bertz CT molecular complexity index is 373. The quantitative estimate of drug-likeness (QED) is 0.687. The van der Waals surface area contributed by atoms with E-state index in [1.807, 2.05) is 19.1 Å². The molecule has 3 heteroatoms. The molecule has 1 N–H and O–H groups in total. The second-order valence-electron chi connectivity index (χ2n) is 3.92. The summed E-state index contributed by atoms with van der Waals surface area (Å²) in [6.45, 7) is 2.27. The molecular formula is C11H12O3. The second-order valence-corrected chi connectivity index (χ2v) is 3.92. The Morgan fingerprint density at radius 2 is 2.14 bits per heavy atom. The van der Waals surface area contributed by atoms with Crippen molar-refractivity contribution in [1.82, 2.24) is 0 Å². The summed E-state index contributed by atoms with van der Waals surface area (Å²) in [6, 6.07) is 7.07. The number of hydrogen-bond donors (Lipinski definition) is 1. The fraction of sp³-hybridized carbons (Fsp3) is 0.364. The van der Waals surface area contributed by atoms with Gasteiger partial charge in [-0.05, 0) is 6.07 Å². The van der Waals surface area contributed by atoms with Crippen LogP contribution in [-0.2, 0) is 14.9 Å². The predicted octanol–water partition coefficient (Wildman–Crippen LogP) is 1.60. The van der Waals surface area contributed by atoms with E-state index >= 15 is 0 Å². The number of para-hydroxylation sites is 1. The molecule has 1 aromatic rings. The van der Waals surface area contributed by atoms with Crippen molar-refractivity contribution in [3.8, 4) is 5.75 Å². The minimum absolute atomic E-state index is 0.198. The van der Waals surface area contributed by atoms with Gasteiger partial charge in [0.1, 0.15) is 12.4 Å². The zero-order valence-electron chi connectivity index (χ0n) is 7.99. The van der Waals surface area contributed by atoms with Crippen molar-refractivity contribution >= 4 is 5.97 Å². The van der Waals surface area contributed by atoms with Crippen molar-refractivity contribution < 1.29 is 14.6 Å². The number of ether oxygens (including phenoxy) is 1. The highest BCUT2D eigenvalue weighted by molar-refractivity contribution is 5.74. The fourth-order valence-electron chi connectivity index (χ4n) is 1.82. The van der Waals surface area contributed by atoms with Gasteiger partial charge in [0.15, 0.2) is 0 Å². The molecule has 3 nitrogen and oxygen atoms in total. The van der Waals surface area contributed by atoms with Crippen molar-refractivity contribution in [1.29, 1.82) is 0 Å². The predicted molar refractivity (Wildman–Crippen MR) is 51.0 cm³/mol. The maximum atomic E-state index is 11.0. The first-order chi connectivity index (χ1) is 6.62. The standard InChI is InChI=1S/C11H12O3/c1-11(6-10(13)14-7-11)8-4-2-3-5-9(8)12/h2-5,12H,6-7H2,1H3. The number of carbonyl (C=O) groups is 1. The van der Waals surface area contributed by atoms with Crippen molar-refractivity contribution in [2.24, 2.45) is 0 Å². The summed E-state index contributed by atoms with van der Waals surface area (Å²) in [5, 5.41) is 9.66. The molecule has 14 heavy (non-hydrogen) atoms. The van der Waals surface area contributed by atoms with Gasteiger partial charge in [-0.15, -0.1) is 0 Å². The number of aromatic hydroxyl groups is 1. The van der Waals surface area contributed by atoms with Gasteiger partial charge in [-0.25, -0.2) is 0 Å². The van der Waals surface area contributed by atoms with Crippen LogP contribution in [0.3, 0.4) is 0 Å². The number of phenolic OH excluding ortho intramolecular Hbond substituents is 1. The van der Waals surface area contributed by atoms with E-state index in [9.17, 15) is 9.90 Å². The zero-order valence-corrected chi connectivity index (χ0v) is 7.99. The third-order valence-corrected chi connectivity index (χ3v) is 2.64. The van der Waals surface area contributed by atoms with E-state index in [1.165, 1.54) is 0 Å². The Labute approximate surface area is 82.3 Å². The number of benzene rings is 1. The molecule has 1 unspecified atom stereocenters. The number of phenols is 1. The summed E-state index contributed by atoms with van der Waals surface area (Å²) in [5.74, 6) is 0.0315. The van der Waals surface area contributed by atoms with Gasteiger partial charge < -0.3 is 9.84 Å². The molecule has 2 rings (SSSR count). The summed E-state index contributed by atoms with van der Waals surface area (Å²) in [6.07, 6.45) is 0.338. The molecule has 1 aromatic carbocycles. The van der Waals surface area contributed by atoms with E-state index in [0.29, 0.717) is 13.0 Å². The first kappa shape index (κ1) is 9.06. The number of esters is 1. The Kier molecular flexibility index (Phi) is 1.95. The Morgan fingerprint density at radius 3 is 2.71 bits per heavy atom. The molecule has 1 saturated heterocycles. The van der Waals surface area contributed by atoms with Crippen molar-refractivity contribution in [3.05, 3.63) is 29.8 Å². The van der Waals surface area contributed by atoms with Gasteiger partial charge in [0.2, 0.25) is 0 Å². The lowest BCUT2D eigenvalue weighted by molar-refractivity contribution is -0.137. The largest absolute Gasteiger partial charge is 0.508 e. The van der Waals surface area contributed by atoms with E-state index in [4.69, 9.17) is 4.74 Å². The van der Waals surface area contributed by atoms with Crippen LogP contribution >= 0.6 is 0 Å². The van der Waals surface area contributed by atoms with Crippen LogP contribution in [-0.4, -0.2) is 17.7 Å². The lowest BCUT2D eigenvalue weighted by Gasteiger charge is -2.21. The van der Waals surface area contributed by atoms with Crippen LogP contribution in [0.25, 0.3) is 0 Å². The van der Waals surface area contributed by atoms with Gasteiger partial charge in [-0.3, -0.25) is 4.79 Å². The molecule has 0 spiro atoms. The Hall–Kier alpha value is -1.51. The summed E-state index contributed by atoms with van der Waals surface area (Å²) < 4.78 is 4.93. The number of carbonyl (C=O) groups excluding carboxylic acids is 1. The molecule has 0 aromatic heterocycles. The molecule has 0 aliphatic carbocycles. The fourth-order valence-corrected chi connectivity index (χ4v) is 1.82. The van der Waals surface area contributed by atoms with E-state index in [2.05, 4.69) is 0 Å². The highest BCUT2D eigenvalue weighted by Crippen LogP contribution is 2.37. The van der Waals surface area contributed by atoms with Gasteiger partial charge in [0.05, 0.1) is 6.42 Å². The van der Waals surface area contributed by atoms with E-state index in [-0.39, 0.29) is 17.1 Å². The number of hydrogen-bond acceptors (Lipinski definition) is 3. The molecule has 0 saturated carbocycles. The summed E-state index contributed by atoms with van der Waals surface area (Å²) in [5.41, 5.74) is 0.411. The molecule has 0 bridgehead atoms. The molecule has 1 aliphatic rings. The molecular weight excluding hydrogens is 180 g/mol. The molecule has 1 atom stereocenters. The summed E-state index contributed by atoms with van der Waals surface area (Å²) in [4.78, 5) is 11.0. The van der Waals surface area contributed by atoms with Crippen LogP contribution in [0.2, 0.25) is 0 Å². The van der Waals surface area contributed by atoms with Gasteiger partial charge >= 0.3 is 5.97 Å². The van der Waals surface area contributed by atoms with Crippen LogP contribution in [0, 0.1) is 0 Å². The smallest absolute Gasteiger partial charge is 0.306 e. The lowest BCUT2D eigenvalue weighted by atomic mass is 9.81. The minimum atomic E-state index is -0.373. The maximum Gasteiger partial charge on any atom is 0.306 e. The maximum absolute atomic E-state index is 11.0. The Balaban J connectivity index is 2.40. The molecule has 0 amide bonds. The van der Waals surface area contributed by atoms with Crippen LogP contribution in [0.4, 0.5) is 0 Å². The third-order valence-electron chi connectivity index (χ3n) is 2.64. The normalized spacial score (nSPS) is 26.2. The molecule has 1 heterocycles. The molecule has 74 valence electrons. The first-order valence-corrected chi connectivity index (χ1v) is 4.56. The van der Waals surface area contributed by atoms with Crippen LogP contribution in [0.15, 0.2) is 24.3 Å². The Morgan fingerprint density at radius 1 is 1.43 bits per heavy atom. The molecule has 1 fully saturated rings. The molecule has 0 radical (unpaired) electrons. The average Bonchev–Trinajstić information content (AvgIpc) is 2.48. The van der Waals surface area contributed by atoms with E-state index < -0.39 is 0 Å². The van der Waals surface area contributed by atoms with Gasteiger partial charge in [-0.2, -0.15) is 0 Å². The summed E-state index contributed by atoms with van der Waals surface area (Å²) in [7, 11) is 0. The number of rotatable bonds is 1. The third kappa shape index (κ3) is 1.35. The highest BCUT2D eigenvalue weighted by atomic mass is 16.5. The van der Waals surface area contributed by atoms with Gasteiger partial charge in [-0.1, -0.05) is 25.1 Å². The monoisotopic (exact) mass is 192 g/mol.